The largest absolute Gasteiger partial charge is 0.339 e. The number of aryl methyl sites for hydroxylation is 1. The molecule has 8 heteroatoms. The molecule has 1 amide bonds. The van der Waals surface area contributed by atoms with E-state index in [0.717, 1.165) is 11.8 Å². The molecule has 0 saturated heterocycles. The van der Waals surface area contributed by atoms with Crippen LogP contribution in [0.25, 0.3) is 11.4 Å². The van der Waals surface area contributed by atoms with Crippen molar-refractivity contribution < 1.29 is 17.7 Å². The third-order valence-electron chi connectivity index (χ3n) is 2.37. The van der Waals surface area contributed by atoms with Crippen LogP contribution in [0.5, 0.6) is 0 Å². The quantitative estimate of drug-likeness (QED) is 0.873. The van der Waals surface area contributed by atoms with Crippen molar-refractivity contribution in [3.05, 3.63) is 36.2 Å². The molecule has 7 nitrogen and oxygen atoms in total. The fraction of sp³-hybridized carbons (Fsp3) is 0.250. The van der Waals surface area contributed by atoms with Gasteiger partial charge in [0, 0.05) is 18.4 Å². The highest BCUT2D eigenvalue weighted by atomic mass is 32.2. The molecule has 2 rings (SSSR count). The van der Waals surface area contributed by atoms with Crippen molar-refractivity contribution in [3.8, 4) is 11.4 Å². The average Bonchev–Trinajstić information content (AvgIpc) is 2.84. The van der Waals surface area contributed by atoms with Crippen LogP contribution in [0.4, 0.5) is 0 Å². The van der Waals surface area contributed by atoms with Gasteiger partial charge < -0.3 is 4.52 Å². The van der Waals surface area contributed by atoms with Gasteiger partial charge in [0.15, 0.2) is 0 Å². The average molecular weight is 295 g/mol. The zero-order valence-electron chi connectivity index (χ0n) is 10.7. The molecule has 0 fully saturated rings. The van der Waals surface area contributed by atoms with Gasteiger partial charge in [0.1, 0.15) is 0 Å². The van der Waals surface area contributed by atoms with E-state index in [1.165, 1.54) is 0 Å². The van der Waals surface area contributed by atoms with Crippen LogP contribution in [0.3, 0.4) is 0 Å². The van der Waals surface area contributed by atoms with E-state index in [4.69, 9.17) is 4.52 Å². The minimum Gasteiger partial charge on any atom is -0.339 e. The van der Waals surface area contributed by atoms with Gasteiger partial charge in [-0.05, 0) is 0 Å². The number of carbonyl (C=O) groups is 1. The van der Waals surface area contributed by atoms with Crippen LogP contribution < -0.4 is 4.72 Å². The van der Waals surface area contributed by atoms with Crippen molar-refractivity contribution in [1.29, 1.82) is 0 Å². The standard InChI is InChI=1S/C12H13N3O4S/c1-20(17,18)15-10(16)7-8-11-13-12(14-19-11)9-5-3-2-4-6-9/h2-6H,7-8H2,1H3,(H,15,16). The number of hydrogen-bond acceptors (Lipinski definition) is 6. The molecule has 0 radical (unpaired) electrons. The molecular weight excluding hydrogens is 282 g/mol. The van der Waals surface area contributed by atoms with Gasteiger partial charge in [0.25, 0.3) is 0 Å². The highest BCUT2D eigenvalue weighted by Crippen LogP contribution is 2.15. The molecular formula is C12H13N3O4S. The smallest absolute Gasteiger partial charge is 0.233 e. The monoisotopic (exact) mass is 295 g/mol. The predicted molar refractivity (Wildman–Crippen MR) is 71.0 cm³/mol. The lowest BCUT2D eigenvalue weighted by Gasteiger charge is -1.99. The number of amides is 1. The van der Waals surface area contributed by atoms with Gasteiger partial charge in [-0.25, -0.2) is 8.42 Å². The number of nitrogens with one attached hydrogen (secondary N) is 1. The fourth-order valence-electron chi connectivity index (χ4n) is 1.54. The van der Waals surface area contributed by atoms with Crippen LogP contribution in [0.1, 0.15) is 12.3 Å². The number of benzene rings is 1. The first-order valence-electron chi connectivity index (χ1n) is 5.83. The summed E-state index contributed by atoms with van der Waals surface area (Å²) in [5.41, 5.74) is 0.808. The number of nitrogens with zero attached hydrogens (tertiary/aromatic N) is 2. The van der Waals surface area contributed by atoms with Crippen molar-refractivity contribution in [2.75, 3.05) is 6.26 Å². The molecule has 20 heavy (non-hydrogen) atoms. The van der Waals surface area contributed by atoms with E-state index < -0.39 is 15.9 Å². The molecule has 106 valence electrons. The Balaban J connectivity index is 1.96. The summed E-state index contributed by atoms with van der Waals surface area (Å²) >= 11 is 0. The highest BCUT2D eigenvalue weighted by molar-refractivity contribution is 7.89. The molecule has 1 heterocycles. The Morgan fingerprint density at radius 1 is 1.30 bits per heavy atom. The van der Waals surface area contributed by atoms with Gasteiger partial charge in [-0.1, -0.05) is 35.5 Å². The lowest BCUT2D eigenvalue weighted by Crippen LogP contribution is -2.29. The zero-order valence-corrected chi connectivity index (χ0v) is 11.6. The van der Waals surface area contributed by atoms with E-state index in [2.05, 4.69) is 10.1 Å². The Kier molecular flexibility index (Phi) is 4.14. The summed E-state index contributed by atoms with van der Waals surface area (Å²) in [4.78, 5) is 15.5. The van der Waals surface area contributed by atoms with Crippen LogP contribution >= 0.6 is 0 Å². The van der Waals surface area contributed by atoms with E-state index >= 15 is 0 Å². The summed E-state index contributed by atoms with van der Waals surface area (Å²) in [6, 6.07) is 9.26. The van der Waals surface area contributed by atoms with Gasteiger partial charge in [-0.2, -0.15) is 4.98 Å². The zero-order chi connectivity index (χ0) is 14.6. The molecule has 0 saturated carbocycles. The maximum Gasteiger partial charge on any atom is 0.233 e. The maximum absolute atomic E-state index is 11.3. The summed E-state index contributed by atoms with van der Waals surface area (Å²) in [6.45, 7) is 0. The molecule has 0 bridgehead atoms. The van der Waals surface area contributed by atoms with Gasteiger partial charge in [0.05, 0.1) is 6.26 Å². The summed E-state index contributed by atoms with van der Waals surface area (Å²) in [6.07, 6.45) is 1.07. The fourth-order valence-corrected chi connectivity index (χ4v) is 2.05. The second kappa shape index (κ2) is 5.83. The Morgan fingerprint density at radius 2 is 2.00 bits per heavy atom. The molecule has 0 atom stereocenters. The molecule has 0 aliphatic heterocycles. The molecule has 2 aromatic rings. The van der Waals surface area contributed by atoms with E-state index in [-0.39, 0.29) is 18.7 Å². The van der Waals surface area contributed by atoms with Crippen molar-refractivity contribution in [3.63, 3.8) is 0 Å². The second-order valence-electron chi connectivity index (χ2n) is 4.18. The number of sulfonamides is 1. The van der Waals surface area contributed by atoms with Crippen molar-refractivity contribution in [2.45, 2.75) is 12.8 Å². The van der Waals surface area contributed by atoms with E-state index in [1.807, 2.05) is 35.1 Å². The van der Waals surface area contributed by atoms with Crippen molar-refractivity contribution in [1.82, 2.24) is 14.9 Å². The lowest BCUT2D eigenvalue weighted by molar-refractivity contribution is -0.119. The number of aromatic nitrogens is 2. The lowest BCUT2D eigenvalue weighted by atomic mass is 10.2. The van der Waals surface area contributed by atoms with Crippen LogP contribution in [0.15, 0.2) is 34.9 Å². The van der Waals surface area contributed by atoms with Crippen LogP contribution in [-0.4, -0.2) is 30.7 Å². The SMILES string of the molecule is CS(=O)(=O)NC(=O)CCc1nc(-c2ccccc2)no1. The Morgan fingerprint density at radius 3 is 2.65 bits per heavy atom. The topological polar surface area (TPSA) is 102 Å². The van der Waals surface area contributed by atoms with Crippen LogP contribution in [0, 0.1) is 0 Å². The molecule has 1 aromatic carbocycles. The maximum atomic E-state index is 11.3. The predicted octanol–water partition coefficient (Wildman–Crippen LogP) is 0.745. The first-order valence-corrected chi connectivity index (χ1v) is 7.72. The van der Waals surface area contributed by atoms with Crippen LogP contribution in [0.2, 0.25) is 0 Å². The minimum atomic E-state index is -3.53. The number of carbonyl (C=O) groups excluding carboxylic acids is 1. The molecule has 1 aromatic heterocycles. The van der Waals surface area contributed by atoms with E-state index in [0.29, 0.717) is 5.82 Å². The number of rotatable bonds is 5. The Hall–Kier alpha value is -2.22. The number of hydrogen-bond donors (Lipinski definition) is 1. The van der Waals surface area contributed by atoms with E-state index in [9.17, 15) is 13.2 Å². The normalized spacial score (nSPS) is 11.2. The molecule has 0 spiro atoms. The van der Waals surface area contributed by atoms with E-state index in [1.54, 1.807) is 0 Å². The Labute approximate surface area is 116 Å². The first-order chi connectivity index (χ1) is 9.44. The first kappa shape index (κ1) is 14.2. The Bertz CT molecular complexity index is 695. The third-order valence-corrected chi connectivity index (χ3v) is 2.96. The summed E-state index contributed by atoms with van der Waals surface area (Å²) in [5, 5.41) is 3.80. The van der Waals surface area contributed by atoms with Gasteiger partial charge >= 0.3 is 0 Å². The molecule has 0 aliphatic carbocycles. The van der Waals surface area contributed by atoms with Gasteiger partial charge in [-0.15, -0.1) is 0 Å². The summed E-state index contributed by atoms with van der Waals surface area (Å²) in [7, 11) is -3.53. The summed E-state index contributed by atoms with van der Waals surface area (Å²) < 4.78 is 28.6. The summed E-state index contributed by atoms with van der Waals surface area (Å²) in [5.74, 6) is 0.114. The van der Waals surface area contributed by atoms with Crippen LogP contribution in [-0.2, 0) is 21.2 Å². The minimum absolute atomic E-state index is 0.0382. The third kappa shape index (κ3) is 4.16. The van der Waals surface area contributed by atoms with Crippen molar-refractivity contribution >= 4 is 15.9 Å². The second-order valence-corrected chi connectivity index (χ2v) is 5.92. The molecule has 0 unspecified atom stereocenters. The molecule has 1 N–H and O–H groups in total. The van der Waals surface area contributed by atoms with Crippen molar-refractivity contribution in [2.24, 2.45) is 0 Å². The van der Waals surface area contributed by atoms with Gasteiger partial charge in [-0.3, -0.25) is 9.52 Å². The highest BCUT2D eigenvalue weighted by Gasteiger charge is 2.12. The molecule has 0 aliphatic rings. The van der Waals surface area contributed by atoms with Gasteiger partial charge in [0.2, 0.25) is 27.6 Å².